The van der Waals surface area contributed by atoms with Gasteiger partial charge in [0.25, 0.3) is 5.91 Å². The third-order valence-electron chi connectivity index (χ3n) is 6.12. The Hall–Kier alpha value is -3.66. The SMILES string of the molecule is C/C=N\N=C(\c1cccc(NC(=O)c2cc3c(cc2F)CCN(C(=O)OC(C)C)C3)n1)C(C)CC.CC(C)CO. The molecule has 218 valence electrons. The number of halogens is 1. The fourth-order valence-electron chi connectivity index (χ4n) is 3.73. The standard InChI is InChI=1S/C26H32FN5O3.C4H10O/c1-6-17(5)24(31-28-7-2)22-9-8-10-23(29-22)30-25(33)20-13-19-15-32(26(34)35-16(3)4)12-11-18(19)14-21(20)27;1-4(2)3-5/h7-10,13-14,16-17H,6,11-12,15H2,1-5H3,(H,29,30,33);4-5H,3H2,1-2H3/b28-7-,31-24+;. The summed E-state index contributed by atoms with van der Waals surface area (Å²) in [6, 6.07) is 8.07. The molecule has 0 fully saturated rings. The summed E-state index contributed by atoms with van der Waals surface area (Å²) in [6.07, 6.45) is 2.27. The van der Waals surface area contributed by atoms with Gasteiger partial charge in [0.15, 0.2) is 0 Å². The van der Waals surface area contributed by atoms with Crippen LogP contribution in [0.25, 0.3) is 0 Å². The number of anilines is 1. The summed E-state index contributed by atoms with van der Waals surface area (Å²) < 4.78 is 20.1. The number of aliphatic hydroxyl groups excluding tert-OH is 1. The zero-order valence-corrected chi connectivity index (χ0v) is 24.6. The first-order valence-corrected chi connectivity index (χ1v) is 13.7. The van der Waals surface area contributed by atoms with Crippen LogP contribution in [0.15, 0.2) is 40.5 Å². The van der Waals surface area contributed by atoms with Gasteiger partial charge in [-0.1, -0.05) is 33.8 Å². The van der Waals surface area contributed by atoms with E-state index in [1.807, 2.05) is 27.7 Å². The van der Waals surface area contributed by atoms with Crippen LogP contribution in [-0.4, -0.2) is 58.2 Å². The lowest BCUT2D eigenvalue weighted by molar-refractivity contribution is 0.0729. The van der Waals surface area contributed by atoms with E-state index in [0.717, 1.165) is 12.0 Å². The number of pyridine rings is 1. The Morgan fingerprint density at radius 1 is 1.20 bits per heavy atom. The quantitative estimate of drug-likeness (QED) is 0.313. The van der Waals surface area contributed by atoms with E-state index < -0.39 is 17.8 Å². The van der Waals surface area contributed by atoms with E-state index >= 15 is 0 Å². The molecular weight excluding hydrogens is 513 g/mol. The van der Waals surface area contributed by atoms with Crippen LogP contribution in [0.4, 0.5) is 15.0 Å². The van der Waals surface area contributed by atoms with Crippen LogP contribution in [0.1, 0.15) is 82.1 Å². The molecule has 0 radical (unpaired) electrons. The van der Waals surface area contributed by atoms with Crippen LogP contribution in [0.5, 0.6) is 0 Å². The Balaban J connectivity index is 0.00000103. The van der Waals surface area contributed by atoms with Crippen molar-refractivity contribution < 1.29 is 23.8 Å². The van der Waals surface area contributed by atoms with E-state index in [1.165, 1.54) is 12.1 Å². The molecule has 2 aromatic rings. The van der Waals surface area contributed by atoms with Crippen molar-refractivity contribution in [2.75, 3.05) is 18.5 Å². The number of ether oxygens (including phenoxy) is 1. The number of benzene rings is 1. The lowest BCUT2D eigenvalue weighted by atomic mass is 9.96. The van der Waals surface area contributed by atoms with Crippen LogP contribution in [0, 0.1) is 17.7 Å². The third-order valence-corrected chi connectivity index (χ3v) is 6.12. The molecule has 2 heterocycles. The lowest BCUT2D eigenvalue weighted by Gasteiger charge is -2.29. The second-order valence-corrected chi connectivity index (χ2v) is 10.3. The second kappa shape index (κ2) is 15.8. The Morgan fingerprint density at radius 3 is 2.50 bits per heavy atom. The van der Waals surface area contributed by atoms with Crippen molar-refractivity contribution in [2.45, 2.75) is 74.0 Å². The summed E-state index contributed by atoms with van der Waals surface area (Å²) in [5, 5.41) is 19.1. The second-order valence-electron chi connectivity index (χ2n) is 10.3. The number of fused-ring (bicyclic) bond motifs is 1. The molecule has 1 aliphatic heterocycles. The molecule has 1 aromatic heterocycles. The molecule has 1 unspecified atom stereocenters. The molecule has 1 atom stereocenters. The zero-order chi connectivity index (χ0) is 29.8. The molecule has 10 heteroatoms. The monoisotopic (exact) mass is 555 g/mol. The highest BCUT2D eigenvalue weighted by atomic mass is 19.1. The van der Waals surface area contributed by atoms with Crippen molar-refractivity contribution in [3.63, 3.8) is 0 Å². The van der Waals surface area contributed by atoms with Gasteiger partial charge in [-0.05, 0) is 74.9 Å². The predicted molar refractivity (Wildman–Crippen MR) is 156 cm³/mol. The number of carbonyl (C=O) groups is 2. The van der Waals surface area contributed by atoms with Gasteiger partial charge in [0.2, 0.25) is 0 Å². The van der Waals surface area contributed by atoms with Crippen LogP contribution in [-0.2, 0) is 17.7 Å². The van der Waals surface area contributed by atoms with E-state index in [4.69, 9.17) is 9.84 Å². The van der Waals surface area contributed by atoms with Crippen molar-refractivity contribution in [3.8, 4) is 0 Å². The number of aliphatic hydroxyl groups is 1. The third kappa shape index (κ3) is 9.51. The molecule has 0 spiro atoms. The first kappa shape index (κ1) is 32.6. The summed E-state index contributed by atoms with van der Waals surface area (Å²) in [4.78, 5) is 31.3. The maximum atomic E-state index is 14.8. The molecule has 9 nitrogen and oxygen atoms in total. The molecule has 3 rings (SSSR count). The van der Waals surface area contributed by atoms with E-state index in [1.54, 1.807) is 50.1 Å². The maximum absolute atomic E-state index is 14.8. The summed E-state index contributed by atoms with van der Waals surface area (Å²) >= 11 is 0. The van der Waals surface area contributed by atoms with E-state index in [2.05, 4.69) is 20.5 Å². The Kier molecular flexibility index (Phi) is 12.9. The number of hydrogen-bond acceptors (Lipinski definition) is 7. The Morgan fingerprint density at radius 2 is 1.90 bits per heavy atom. The van der Waals surface area contributed by atoms with Crippen LogP contribution >= 0.6 is 0 Å². The average molecular weight is 556 g/mol. The smallest absolute Gasteiger partial charge is 0.410 e. The molecule has 0 aliphatic carbocycles. The van der Waals surface area contributed by atoms with E-state index in [0.29, 0.717) is 42.5 Å². The van der Waals surface area contributed by atoms with Gasteiger partial charge in [0.1, 0.15) is 11.6 Å². The molecular formula is C30H42FN5O4. The average Bonchev–Trinajstić information content (AvgIpc) is 2.92. The maximum Gasteiger partial charge on any atom is 0.410 e. The molecule has 2 amide bonds. The van der Waals surface area contributed by atoms with Crippen LogP contribution in [0.3, 0.4) is 0 Å². The molecule has 2 N–H and O–H groups in total. The summed E-state index contributed by atoms with van der Waals surface area (Å²) in [7, 11) is 0. The summed E-state index contributed by atoms with van der Waals surface area (Å²) in [6.45, 7) is 14.4. The van der Waals surface area contributed by atoms with Crippen molar-refractivity contribution in [2.24, 2.45) is 22.0 Å². The Bertz CT molecular complexity index is 1210. The minimum absolute atomic E-state index is 0.110. The zero-order valence-electron chi connectivity index (χ0n) is 24.6. The lowest BCUT2D eigenvalue weighted by Crippen LogP contribution is -2.37. The summed E-state index contributed by atoms with van der Waals surface area (Å²) in [5.74, 6) is -0.404. The van der Waals surface area contributed by atoms with Gasteiger partial charge in [-0.15, -0.1) is 0 Å². The van der Waals surface area contributed by atoms with Crippen molar-refractivity contribution >= 4 is 29.7 Å². The predicted octanol–water partition coefficient (Wildman–Crippen LogP) is 5.85. The van der Waals surface area contributed by atoms with Crippen LogP contribution < -0.4 is 5.32 Å². The number of hydrogen-bond donors (Lipinski definition) is 2. The van der Waals surface area contributed by atoms with Gasteiger partial charge in [0, 0.05) is 31.8 Å². The van der Waals surface area contributed by atoms with Crippen LogP contribution in [0.2, 0.25) is 0 Å². The minimum atomic E-state index is -0.620. The molecule has 1 aliphatic rings. The first-order valence-electron chi connectivity index (χ1n) is 13.7. The van der Waals surface area contributed by atoms with E-state index in [9.17, 15) is 14.0 Å². The molecule has 0 saturated heterocycles. The highest BCUT2D eigenvalue weighted by Gasteiger charge is 2.25. The van der Waals surface area contributed by atoms with Gasteiger partial charge in [-0.25, -0.2) is 14.2 Å². The van der Waals surface area contributed by atoms with Crippen molar-refractivity contribution in [1.82, 2.24) is 9.88 Å². The fourth-order valence-corrected chi connectivity index (χ4v) is 3.73. The topological polar surface area (TPSA) is 116 Å². The van der Waals surface area contributed by atoms with E-state index in [-0.39, 0.29) is 29.9 Å². The van der Waals surface area contributed by atoms with Gasteiger partial charge in [-0.3, -0.25) is 4.79 Å². The Labute approximate surface area is 236 Å². The highest BCUT2D eigenvalue weighted by molar-refractivity contribution is 6.05. The van der Waals surface area contributed by atoms with Gasteiger partial charge in [0.05, 0.1) is 23.1 Å². The minimum Gasteiger partial charge on any atom is -0.447 e. The number of carbonyl (C=O) groups excluding carboxylic acids is 2. The van der Waals surface area contributed by atoms with Crippen molar-refractivity contribution in [3.05, 3.63) is 58.5 Å². The molecule has 1 aromatic carbocycles. The fraction of sp³-hybridized carbons (Fsp3) is 0.500. The number of rotatable bonds is 8. The number of nitrogens with one attached hydrogen (secondary N) is 1. The van der Waals surface area contributed by atoms with Crippen molar-refractivity contribution in [1.29, 1.82) is 0 Å². The number of amides is 2. The normalized spacial score (nSPS) is 14.1. The largest absolute Gasteiger partial charge is 0.447 e. The molecule has 0 bridgehead atoms. The molecule has 0 saturated carbocycles. The number of nitrogens with zero attached hydrogens (tertiary/aromatic N) is 4. The number of aromatic nitrogens is 1. The first-order chi connectivity index (χ1) is 19.0. The molecule has 40 heavy (non-hydrogen) atoms. The summed E-state index contributed by atoms with van der Waals surface area (Å²) in [5.41, 5.74) is 2.68. The van der Waals surface area contributed by atoms with Gasteiger partial charge in [-0.2, -0.15) is 10.2 Å². The highest BCUT2D eigenvalue weighted by Crippen LogP contribution is 2.24. The van der Waals surface area contributed by atoms with Gasteiger partial charge < -0.3 is 20.1 Å². The van der Waals surface area contributed by atoms with Gasteiger partial charge >= 0.3 is 6.09 Å².